The molecule has 5 heteroatoms. The Morgan fingerprint density at radius 2 is 2.12 bits per heavy atom. The third-order valence-electron chi connectivity index (χ3n) is 4.78. The molecular formula is C21H18FN3O. The Kier molecular flexibility index (Phi) is 4.26. The third-order valence-corrected chi connectivity index (χ3v) is 4.78. The first-order valence-corrected chi connectivity index (χ1v) is 8.72. The molecule has 0 bridgehead atoms. The number of aromatic nitrogens is 3. The van der Waals surface area contributed by atoms with Crippen molar-refractivity contribution < 1.29 is 4.39 Å². The fourth-order valence-corrected chi connectivity index (χ4v) is 3.26. The van der Waals surface area contributed by atoms with Crippen LogP contribution in [0.5, 0.6) is 0 Å². The molecular weight excluding hydrogens is 329 g/mol. The van der Waals surface area contributed by atoms with Gasteiger partial charge in [-0.1, -0.05) is 18.9 Å². The molecule has 0 saturated heterocycles. The van der Waals surface area contributed by atoms with Crippen LogP contribution < -0.4 is 5.56 Å². The second-order valence-corrected chi connectivity index (χ2v) is 6.67. The number of nitrogens with zero attached hydrogens (tertiary/aromatic N) is 3. The Morgan fingerprint density at radius 1 is 1.23 bits per heavy atom. The first kappa shape index (κ1) is 16.5. The maximum absolute atomic E-state index is 14.0. The Balaban J connectivity index is 1.78. The normalized spacial score (nSPS) is 19.3. The summed E-state index contributed by atoms with van der Waals surface area (Å²) >= 11 is 0. The van der Waals surface area contributed by atoms with Gasteiger partial charge in [-0.25, -0.2) is 14.4 Å². The van der Waals surface area contributed by atoms with E-state index in [0.29, 0.717) is 41.8 Å². The van der Waals surface area contributed by atoms with Gasteiger partial charge in [0.1, 0.15) is 17.7 Å². The van der Waals surface area contributed by atoms with Crippen molar-refractivity contribution in [2.24, 2.45) is 5.92 Å². The minimum Gasteiger partial charge on any atom is -0.296 e. The summed E-state index contributed by atoms with van der Waals surface area (Å²) in [5, 5.41) is 0.544. The van der Waals surface area contributed by atoms with Crippen molar-refractivity contribution in [1.29, 1.82) is 0 Å². The van der Waals surface area contributed by atoms with Crippen molar-refractivity contribution >= 4 is 10.9 Å². The van der Waals surface area contributed by atoms with E-state index in [1.165, 1.54) is 0 Å². The van der Waals surface area contributed by atoms with Gasteiger partial charge in [0, 0.05) is 24.7 Å². The van der Waals surface area contributed by atoms with E-state index in [1.807, 2.05) is 37.3 Å². The minimum absolute atomic E-state index is 0.101. The number of halogens is 1. The van der Waals surface area contributed by atoms with Gasteiger partial charge in [-0.2, -0.15) is 0 Å². The summed E-state index contributed by atoms with van der Waals surface area (Å²) in [6, 6.07) is 10.9. The fourth-order valence-electron chi connectivity index (χ4n) is 3.26. The zero-order valence-electron chi connectivity index (χ0n) is 14.4. The Bertz CT molecular complexity index is 1080. The summed E-state index contributed by atoms with van der Waals surface area (Å²) in [4.78, 5) is 21.6. The van der Waals surface area contributed by atoms with E-state index in [2.05, 4.69) is 21.8 Å². The largest absolute Gasteiger partial charge is 0.296 e. The highest BCUT2D eigenvalue weighted by Gasteiger charge is 2.24. The van der Waals surface area contributed by atoms with E-state index in [4.69, 9.17) is 0 Å². The van der Waals surface area contributed by atoms with E-state index in [0.717, 1.165) is 5.56 Å². The molecule has 4 nitrogen and oxygen atoms in total. The van der Waals surface area contributed by atoms with Crippen LogP contribution in [0.4, 0.5) is 4.39 Å². The molecule has 130 valence electrons. The summed E-state index contributed by atoms with van der Waals surface area (Å²) in [6.07, 6.45) is 1.62. The average molecular weight is 347 g/mol. The summed E-state index contributed by atoms with van der Waals surface area (Å²) in [5.74, 6) is 6.58. The van der Waals surface area contributed by atoms with Gasteiger partial charge in [-0.3, -0.25) is 9.36 Å². The summed E-state index contributed by atoms with van der Waals surface area (Å²) in [6.45, 7) is 2.25. The number of alkyl halides is 1. The van der Waals surface area contributed by atoms with Crippen LogP contribution in [-0.2, 0) is 13.0 Å². The lowest BCUT2D eigenvalue weighted by molar-refractivity contribution is 0.229. The van der Waals surface area contributed by atoms with Crippen LogP contribution in [0.15, 0.2) is 47.4 Å². The summed E-state index contributed by atoms with van der Waals surface area (Å²) in [5.41, 5.74) is 1.96. The van der Waals surface area contributed by atoms with Crippen molar-refractivity contribution in [3.8, 4) is 11.8 Å². The van der Waals surface area contributed by atoms with Gasteiger partial charge in [-0.05, 0) is 48.6 Å². The molecule has 2 atom stereocenters. The molecule has 0 N–H and O–H groups in total. The minimum atomic E-state index is -0.904. The van der Waals surface area contributed by atoms with E-state index in [-0.39, 0.29) is 11.5 Å². The molecule has 0 radical (unpaired) electrons. The van der Waals surface area contributed by atoms with Crippen LogP contribution in [0.1, 0.15) is 30.4 Å². The quantitative estimate of drug-likeness (QED) is 0.587. The predicted molar refractivity (Wildman–Crippen MR) is 98.6 cm³/mol. The van der Waals surface area contributed by atoms with Crippen LogP contribution in [-0.4, -0.2) is 20.7 Å². The molecule has 2 aromatic heterocycles. The molecule has 0 fully saturated rings. The zero-order chi connectivity index (χ0) is 18.1. The molecule has 4 rings (SSSR count). The molecule has 3 aromatic rings. The maximum atomic E-state index is 14.0. The molecule has 1 aliphatic rings. The Hall–Kier alpha value is -3.00. The van der Waals surface area contributed by atoms with E-state index >= 15 is 0 Å². The third kappa shape index (κ3) is 3.11. The molecule has 1 aliphatic heterocycles. The highest BCUT2D eigenvalue weighted by atomic mass is 19.1. The van der Waals surface area contributed by atoms with Gasteiger partial charge in [0.15, 0.2) is 0 Å². The van der Waals surface area contributed by atoms with Crippen molar-refractivity contribution in [1.82, 2.24) is 14.5 Å². The molecule has 0 saturated carbocycles. The van der Waals surface area contributed by atoms with Crippen molar-refractivity contribution in [2.75, 3.05) is 0 Å². The summed E-state index contributed by atoms with van der Waals surface area (Å²) in [7, 11) is 0. The molecule has 0 amide bonds. The lowest BCUT2D eigenvalue weighted by atomic mass is 10.0. The second kappa shape index (κ2) is 6.72. The van der Waals surface area contributed by atoms with Crippen molar-refractivity contribution in [2.45, 2.75) is 32.5 Å². The van der Waals surface area contributed by atoms with Crippen LogP contribution in [0.3, 0.4) is 0 Å². The average Bonchev–Trinajstić information content (AvgIpc) is 2.80. The Morgan fingerprint density at radius 3 is 2.92 bits per heavy atom. The zero-order valence-corrected chi connectivity index (χ0v) is 14.4. The van der Waals surface area contributed by atoms with Crippen LogP contribution in [0, 0.1) is 17.8 Å². The topological polar surface area (TPSA) is 47.8 Å². The van der Waals surface area contributed by atoms with Crippen LogP contribution >= 0.6 is 0 Å². The lowest BCUT2D eigenvalue weighted by Crippen LogP contribution is -2.24. The second-order valence-electron chi connectivity index (χ2n) is 6.67. The van der Waals surface area contributed by atoms with Crippen molar-refractivity contribution in [3.05, 3.63) is 70.0 Å². The van der Waals surface area contributed by atoms with Gasteiger partial charge >= 0.3 is 0 Å². The Labute approximate surface area is 150 Å². The van der Waals surface area contributed by atoms with Gasteiger partial charge in [0.2, 0.25) is 0 Å². The summed E-state index contributed by atoms with van der Waals surface area (Å²) < 4.78 is 15.7. The fraction of sp³-hybridized carbons (Fsp3) is 0.286. The van der Waals surface area contributed by atoms with Crippen molar-refractivity contribution in [3.63, 3.8) is 0 Å². The number of pyridine rings is 1. The maximum Gasteiger partial charge on any atom is 0.261 e. The smallest absolute Gasteiger partial charge is 0.261 e. The van der Waals surface area contributed by atoms with Gasteiger partial charge in [0.05, 0.1) is 10.9 Å². The van der Waals surface area contributed by atoms with Crippen LogP contribution in [0.2, 0.25) is 0 Å². The molecule has 2 unspecified atom stereocenters. The molecule has 26 heavy (non-hydrogen) atoms. The number of benzene rings is 1. The monoisotopic (exact) mass is 347 g/mol. The lowest BCUT2D eigenvalue weighted by Gasteiger charge is -2.11. The number of rotatable bonds is 0. The van der Waals surface area contributed by atoms with E-state index in [9.17, 15) is 9.18 Å². The highest BCUT2D eigenvalue weighted by Crippen LogP contribution is 2.22. The van der Waals surface area contributed by atoms with E-state index in [1.54, 1.807) is 16.8 Å². The molecule has 3 heterocycles. The molecule has 1 aromatic carbocycles. The molecule has 0 aliphatic carbocycles. The number of hydrogen-bond donors (Lipinski definition) is 0. The predicted octanol–water partition coefficient (Wildman–Crippen LogP) is 3.11. The van der Waals surface area contributed by atoms with Crippen LogP contribution in [0.25, 0.3) is 10.9 Å². The van der Waals surface area contributed by atoms with Gasteiger partial charge in [0.25, 0.3) is 5.56 Å². The van der Waals surface area contributed by atoms with Gasteiger partial charge < -0.3 is 0 Å². The number of hydrogen-bond acceptors (Lipinski definition) is 3. The highest BCUT2D eigenvalue weighted by molar-refractivity contribution is 5.79. The SMILES string of the molecule is CC1Cc2nc3cc(C#Cc4ccccn4)ccc3c(=O)n2CCC1F. The standard InChI is InChI=1S/C21H18FN3O/c1-14-12-20-24-19-13-15(5-7-16-4-2-3-10-23-16)6-8-17(19)21(26)25(20)11-9-18(14)22/h2-4,6,8,10,13-14,18H,9,11-12H2,1H3. The first-order chi connectivity index (χ1) is 12.6. The van der Waals surface area contributed by atoms with E-state index < -0.39 is 6.17 Å². The number of fused-ring (bicyclic) bond motifs is 2. The molecule has 0 spiro atoms. The van der Waals surface area contributed by atoms with Gasteiger partial charge in [-0.15, -0.1) is 0 Å². The first-order valence-electron chi connectivity index (χ1n) is 8.72.